The van der Waals surface area contributed by atoms with E-state index in [0.29, 0.717) is 0 Å². The minimum atomic E-state index is -7.46. The summed E-state index contributed by atoms with van der Waals surface area (Å²) in [7, 11) is 0. The van der Waals surface area contributed by atoms with Crippen LogP contribution < -0.4 is 0 Å². The third-order valence-corrected chi connectivity index (χ3v) is 1.90. The molecule has 0 bridgehead atoms. The molecule has 0 saturated carbocycles. The summed E-state index contributed by atoms with van der Waals surface area (Å²) < 4.78 is 160. The third-order valence-electron chi connectivity index (χ3n) is 1.90. The molecule has 0 aliphatic carbocycles. The molecule has 0 amide bonds. The maximum absolute atomic E-state index is 13.0. The zero-order chi connectivity index (χ0) is 18.4. The Labute approximate surface area is 111 Å². The molecular formula is C7F13NO. The number of nitriles is 1. The molecule has 15 heteroatoms. The van der Waals surface area contributed by atoms with Gasteiger partial charge in [0.05, 0.1) is 0 Å². The molecule has 0 aliphatic heterocycles. The molecule has 0 saturated heterocycles. The minimum absolute atomic E-state index is 0.812. The lowest BCUT2D eigenvalue weighted by Gasteiger charge is -2.36. The second-order valence-electron chi connectivity index (χ2n) is 3.47. The lowest BCUT2D eigenvalue weighted by atomic mass is 10.1. The summed E-state index contributed by atoms with van der Waals surface area (Å²) in [5.41, 5.74) is 0. The fourth-order valence-corrected chi connectivity index (χ4v) is 0.778. The Balaban J connectivity index is 6.07. The van der Waals surface area contributed by atoms with Crippen LogP contribution in [0.1, 0.15) is 0 Å². The first-order valence-electron chi connectivity index (χ1n) is 4.34. The van der Waals surface area contributed by atoms with Gasteiger partial charge in [-0.3, -0.25) is 4.74 Å². The molecule has 0 heterocycles. The fraction of sp³-hybridized carbons (Fsp3) is 0.857. The summed E-state index contributed by atoms with van der Waals surface area (Å²) in [4.78, 5) is 0. The van der Waals surface area contributed by atoms with Crippen molar-refractivity contribution < 1.29 is 61.8 Å². The highest BCUT2D eigenvalue weighted by atomic mass is 19.4. The number of hydrogen-bond donors (Lipinski definition) is 0. The van der Waals surface area contributed by atoms with Crippen molar-refractivity contribution in [3.63, 3.8) is 0 Å². The first-order valence-corrected chi connectivity index (χ1v) is 4.34. The molecule has 0 aromatic heterocycles. The van der Waals surface area contributed by atoms with Gasteiger partial charge in [0.1, 0.15) is 6.07 Å². The predicted octanol–water partition coefficient (Wildman–Crippen LogP) is 4.18. The van der Waals surface area contributed by atoms with Crippen LogP contribution in [0.2, 0.25) is 0 Å². The smallest absolute Gasteiger partial charge is 0.264 e. The van der Waals surface area contributed by atoms with Crippen LogP contribution in [-0.2, 0) is 4.74 Å². The molecule has 0 aliphatic rings. The molecular weight excluding hydrogens is 361 g/mol. The van der Waals surface area contributed by atoms with Crippen molar-refractivity contribution in [3.05, 3.63) is 0 Å². The highest BCUT2D eigenvalue weighted by Crippen LogP contribution is 2.54. The van der Waals surface area contributed by atoms with Gasteiger partial charge in [0.2, 0.25) is 0 Å². The zero-order valence-corrected chi connectivity index (χ0v) is 9.27. The molecule has 1 unspecified atom stereocenters. The molecule has 1 atom stereocenters. The van der Waals surface area contributed by atoms with Crippen molar-refractivity contribution >= 4 is 0 Å². The number of rotatable bonds is 4. The van der Waals surface area contributed by atoms with E-state index >= 15 is 0 Å². The van der Waals surface area contributed by atoms with Gasteiger partial charge < -0.3 is 0 Å². The Bertz CT molecular complexity index is 456. The van der Waals surface area contributed by atoms with Crippen LogP contribution in [0, 0.1) is 11.3 Å². The third kappa shape index (κ3) is 3.01. The topological polar surface area (TPSA) is 33.0 Å². The number of ether oxygens (including phenoxy) is 1. The average Bonchev–Trinajstić information content (AvgIpc) is 2.24. The maximum atomic E-state index is 13.0. The van der Waals surface area contributed by atoms with Gasteiger partial charge in [-0.05, 0) is 0 Å². The van der Waals surface area contributed by atoms with Gasteiger partial charge >= 0.3 is 36.2 Å². The van der Waals surface area contributed by atoms with Crippen LogP contribution in [0.5, 0.6) is 0 Å². The van der Waals surface area contributed by atoms with E-state index < -0.39 is 42.2 Å². The van der Waals surface area contributed by atoms with Gasteiger partial charge in [0.15, 0.2) is 0 Å². The van der Waals surface area contributed by atoms with Crippen molar-refractivity contribution in [1.82, 2.24) is 0 Å². The summed E-state index contributed by atoms with van der Waals surface area (Å²) in [6.07, 6.45) is -21.9. The van der Waals surface area contributed by atoms with E-state index in [4.69, 9.17) is 5.26 Å². The Morgan fingerprint density at radius 3 is 1.23 bits per heavy atom. The predicted molar refractivity (Wildman–Crippen MR) is 37.5 cm³/mol. The molecule has 22 heavy (non-hydrogen) atoms. The summed E-state index contributed by atoms with van der Waals surface area (Å²) in [6.45, 7) is 0. The van der Waals surface area contributed by atoms with Crippen LogP contribution in [0.25, 0.3) is 0 Å². The maximum Gasteiger partial charge on any atom is 0.462 e. The van der Waals surface area contributed by atoms with E-state index in [0.717, 1.165) is 0 Å². The average molecular weight is 361 g/mol. The van der Waals surface area contributed by atoms with Gasteiger partial charge in [-0.15, -0.1) is 0 Å². The fourth-order valence-electron chi connectivity index (χ4n) is 0.778. The summed E-state index contributed by atoms with van der Waals surface area (Å²) >= 11 is 0. The number of hydrogen-bond acceptors (Lipinski definition) is 2. The molecule has 0 N–H and O–H groups in total. The Hall–Kier alpha value is -1.46. The lowest BCUT2D eigenvalue weighted by Crippen LogP contribution is -2.64. The van der Waals surface area contributed by atoms with E-state index in [1.807, 2.05) is 0 Å². The van der Waals surface area contributed by atoms with Crippen molar-refractivity contribution in [2.75, 3.05) is 0 Å². The number of nitrogens with zero attached hydrogens (tertiary/aromatic N) is 1. The van der Waals surface area contributed by atoms with Crippen LogP contribution in [-0.4, -0.2) is 36.2 Å². The van der Waals surface area contributed by atoms with Crippen LogP contribution in [0.4, 0.5) is 57.1 Å². The summed E-state index contributed by atoms with van der Waals surface area (Å²) in [6, 6.07) is -0.812. The van der Waals surface area contributed by atoms with Crippen molar-refractivity contribution in [2.45, 2.75) is 36.2 Å². The van der Waals surface area contributed by atoms with Gasteiger partial charge in [-0.25, -0.2) is 0 Å². The van der Waals surface area contributed by atoms with Gasteiger partial charge in [0.25, 0.3) is 0 Å². The standard InChI is InChI=1S/C7F13NO/c8-2(9,1-21)4(12,6(16,17)18)22-7(19,20)3(10,11)5(13,14)15. The monoisotopic (exact) mass is 361 g/mol. The Morgan fingerprint density at radius 1 is 0.636 bits per heavy atom. The van der Waals surface area contributed by atoms with Crippen molar-refractivity contribution in [1.29, 1.82) is 5.26 Å². The Kier molecular flexibility index (Phi) is 4.70. The first-order chi connectivity index (χ1) is 9.27. The van der Waals surface area contributed by atoms with Crippen LogP contribution in [0.15, 0.2) is 0 Å². The quantitative estimate of drug-likeness (QED) is 0.704. The normalized spacial score (nSPS) is 17.8. The number of halogens is 13. The minimum Gasteiger partial charge on any atom is -0.264 e. The van der Waals surface area contributed by atoms with Gasteiger partial charge in [0, 0.05) is 0 Å². The highest BCUT2D eigenvalue weighted by Gasteiger charge is 2.83. The van der Waals surface area contributed by atoms with Crippen molar-refractivity contribution in [2.24, 2.45) is 0 Å². The van der Waals surface area contributed by atoms with E-state index in [2.05, 4.69) is 0 Å². The molecule has 0 spiro atoms. The molecule has 130 valence electrons. The zero-order valence-electron chi connectivity index (χ0n) is 9.27. The van der Waals surface area contributed by atoms with E-state index in [1.54, 1.807) is 0 Å². The summed E-state index contributed by atoms with van der Waals surface area (Å²) in [5.74, 6) is -21.2. The lowest BCUT2D eigenvalue weighted by molar-refractivity contribution is -0.503. The molecule has 0 radical (unpaired) electrons. The SMILES string of the molecule is N#CC(F)(F)C(F)(OC(F)(F)C(F)(F)C(F)(F)F)C(F)(F)F. The first kappa shape index (κ1) is 20.5. The van der Waals surface area contributed by atoms with Crippen LogP contribution >= 0.6 is 0 Å². The molecule has 0 aromatic carbocycles. The molecule has 2 nitrogen and oxygen atoms in total. The van der Waals surface area contributed by atoms with E-state index in [9.17, 15) is 57.1 Å². The number of alkyl halides is 13. The molecule has 0 rings (SSSR count). The Morgan fingerprint density at radius 2 is 1.00 bits per heavy atom. The van der Waals surface area contributed by atoms with E-state index in [1.165, 1.54) is 4.74 Å². The van der Waals surface area contributed by atoms with E-state index in [-0.39, 0.29) is 0 Å². The highest BCUT2D eigenvalue weighted by molar-refractivity contribution is 5.07. The molecule has 0 fully saturated rings. The van der Waals surface area contributed by atoms with Crippen LogP contribution in [0.3, 0.4) is 0 Å². The second kappa shape index (κ2) is 5.03. The van der Waals surface area contributed by atoms with Gasteiger partial charge in [-0.2, -0.15) is 62.3 Å². The van der Waals surface area contributed by atoms with Gasteiger partial charge in [-0.1, -0.05) is 0 Å². The van der Waals surface area contributed by atoms with Crippen molar-refractivity contribution in [3.8, 4) is 6.07 Å². The molecule has 0 aromatic rings. The second-order valence-corrected chi connectivity index (χ2v) is 3.47. The summed E-state index contributed by atoms with van der Waals surface area (Å²) in [5, 5.41) is 7.58. The largest absolute Gasteiger partial charge is 0.462 e.